The molecular weight excluding hydrogens is 456 g/mol. The van der Waals surface area contributed by atoms with Crippen molar-refractivity contribution < 1.29 is 19.4 Å². The van der Waals surface area contributed by atoms with Gasteiger partial charge in [0.25, 0.3) is 0 Å². The Hall–Kier alpha value is -3.26. The molecule has 3 heterocycles. The normalized spacial score (nSPS) is 16.9. The second-order valence-corrected chi connectivity index (χ2v) is 10.7. The largest absolute Gasteiger partial charge is 0.496 e. The van der Waals surface area contributed by atoms with Crippen LogP contribution in [0.2, 0.25) is 0 Å². The maximum absolute atomic E-state index is 13.0. The summed E-state index contributed by atoms with van der Waals surface area (Å²) in [5.74, 6) is 1.26. The molecule has 190 valence electrons. The third-order valence-electron chi connectivity index (χ3n) is 7.50. The van der Waals surface area contributed by atoms with Gasteiger partial charge in [0.15, 0.2) is 5.78 Å². The van der Waals surface area contributed by atoms with Gasteiger partial charge in [-0.05, 0) is 63.6 Å². The highest BCUT2D eigenvalue weighted by Crippen LogP contribution is 2.39. The minimum absolute atomic E-state index is 0.0148. The molecule has 1 N–H and O–H groups in total. The molecule has 36 heavy (non-hydrogen) atoms. The van der Waals surface area contributed by atoms with Crippen molar-refractivity contribution in [3.05, 3.63) is 53.5 Å². The van der Waals surface area contributed by atoms with Gasteiger partial charge in [-0.2, -0.15) is 5.10 Å². The first-order valence-electron chi connectivity index (χ1n) is 12.8. The minimum Gasteiger partial charge on any atom is -0.496 e. The Morgan fingerprint density at radius 1 is 1.14 bits per heavy atom. The van der Waals surface area contributed by atoms with Crippen LogP contribution in [-0.2, 0) is 17.8 Å². The van der Waals surface area contributed by atoms with E-state index in [0.29, 0.717) is 36.0 Å². The van der Waals surface area contributed by atoms with Crippen molar-refractivity contribution in [1.29, 1.82) is 0 Å². The molecule has 2 aliphatic rings. The van der Waals surface area contributed by atoms with E-state index in [2.05, 4.69) is 10.1 Å². The van der Waals surface area contributed by atoms with Crippen molar-refractivity contribution in [2.75, 3.05) is 20.2 Å². The number of likely N-dealkylation sites (tertiary alicyclic amines) is 1. The van der Waals surface area contributed by atoms with Crippen LogP contribution in [0.3, 0.4) is 0 Å². The number of piperidine rings is 1. The molecule has 1 aromatic carbocycles. The van der Waals surface area contributed by atoms with Crippen molar-refractivity contribution in [1.82, 2.24) is 19.7 Å². The van der Waals surface area contributed by atoms with Gasteiger partial charge in [0, 0.05) is 54.3 Å². The molecule has 1 aliphatic carbocycles. The van der Waals surface area contributed by atoms with E-state index >= 15 is 0 Å². The van der Waals surface area contributed by atoms with E-state index in [0.717, 1.165) is 42.3 Å². The van der Waals surface area contributed by atoms with Crippen LogP contribution in [0.1, 0.15) is 67.2 Å². The fourth-order valence-electron chi connectivity index (χ4n) is 5.11. The zero-order valence-corrected chi connectivity index (χ0v) is 21.2. The van der Waals surface area contributed by atoms with E-state index in [4.69, 9.17) is 4.74 Å². The number of rotatable bonds is 8. The maximum Gasteiger partial charge on any atom is 0.244 e. The van der Waals surface area contributed by atoms with Gasteiger partial charge in [0.1, 0.15) is 18.0 Å². The number of ketones is 1. The van der Waals surface area contributed by atoms with E-state index in [-0.39, 0.29) is 30.6 Å². The van der Waals surface area contributed by atoms with Crippen LogP contribution in [-0.4, -0.2) is 62.3 Å². The van der Waals surface area contributed by atoms with E-state index < -0.39 is 5.60 Å². The van der Waals surface area contributed by atoms with Gasteiger partial charge >= 0.3 is 0 Å². The highest BCUT2D eigenvalue weighted by Gasteiger charge is 2.32. The average Bonchev–Trinajstić information content (AvgIpc) is 3.64. The lowest BCUT2D eigenvalue weighted by Crippen LogP contribution is -2.45. The summed E-state index contributed by atoms with van der Waals surface area (Å²) < 4.78 is 7.22. The average molecular weight is 491 g/mol. The van der Waals surface area contributed by atoms with Crippen molar-refractivity contribution >= 4 is 22.6 Å². The Kier molecular flexibility index (Phi) is 6.55. The molecule has 1 saturated heterocycles. The van der Waals surface area contributed by atoms with E-state index in [1.165, 1.54) is 0 Å². The van der Waals surface area contributed by atoms with Gasteiger partial charge in [-0.25, -0.2) is 4.98 Å². The molecule has 0 bridgehead atoms. The van der Waals surface area contributed by atoms with Crippen LogP contribution in [0.15, 0.2) is 36.5 Å². The second-order valence-electron chi connectivity index (χ2n) is 10.7. The van der Waals surface area contributed by atoms with Gasteiger partial charge in [-0.1, -0.05) is 6.07 Å². The lowest BCUT2D eigenvalue weighted by molar-refractivity contribution is -0.134. The van der Waals surface area contributed by atoms with Gasteiger partial charge in [-0.3, -0.25) is 14.3 Å². The molecule has 3 aromatic rings. The summed E-state index contributed by atoms with van der Waals surface area (Å²) in [5, 5.41) is 15.7. The monoisotopic (exact) mass is 490 g/mol. The highest BCUT2D eigenvalue weighted by molar-refractivity contribution is 5.97. The number of fused-ring (bicyclic) bond motifs is 1. The van der Waals surface area contributed by atoms with Crippen LogP contribution < -0.4 is 4.74 Å². The smallest absolute Gasteiger partial charge is 0.244 e. The second kappa shape index (κ2) is 9.65. The number of methoxy groups -OCH3 is 1. The van der Waals surface area contributed by atoms with Crippen LogP contribution in [0.4, 0.5) is 0 Å². The molecule has 1 saturated carbocycles. The Balaban J connectivity index is 1.28. The van der Waals surface area contributed by atoms with Gasteiger partial charge < -0.3 is 14.7 Å². The van der Waals surface area contributed by atoms with Gasteiger partial charge in [0.05, 0.1) is 18.2 Å². The number of aromatic nitrogens is 3. The highest BCUT2D eigenvalue weighted by atomic mass is 16.5. The molecule has 1 amide bonds. The van der Waals surface area contributed by atoms with Crippen LogP contribution in [0.25, 0.3) is 10.9 Å². The summed E-state index contributed by atoms with van der Waals surface area (Å²) in [4.78, 5) is 32.4. The third kappa shape index (κ3) is 5.28. The molecule has 0 atom stereocenters. The molecule has 5 rings (SSSR count). The van der Waals surface area contributed by atoms with Gasteiger partial charge in [-0.15, -0.1) is 0 Å². The first-order chi connectivity index (χ1) is 17.2. The van der Waals surface area contributed by atoms with E-state index in [1.807, 2.05) is 49.2 Å². The topological polar surface area (TPSA) is 97.5 Å². The summed E-state index contributed by atoms with van der Waals surface area (Å²) in [6.07, 6.45) is 5.89. The summed E-state index contributed by atoms with van der Waals surface area (Å²) in [5.41, 5.74) is 2.25. The van der Waals surface area contributed by atoms with E-state index in [1.54, 1.807) is 17.9 Å². The maximum atomic E-state index is 13.0. The zero-order valence-electron chi connectivity index (χ0n) is 21.2. The number of carbonyl (C=O) groups excluding carboxylic acids is 2. The lowest BCUT2D eigenvalue weighted by atomic mass is 9.83. The number of carbonyl (C=O) groups is 2. The molecule has 0 radical (unpaired) electrons. The predicted octanol–water partition coefficient (Wildman–Crippen LogP) is 3.75. The summed E-state index contributed by atoms with van der Waals surface area (Å²) in [7, 11) is 1.58. The molecule has 8 heteroatoms. The molecule has 1 aliphatic heterocycles. The number of hydrogen-bond acceptors (Lipinski definition) is 6. The predicted molar refractivity (Wildman–Crippen MR) is 136 cm³/mol. The third-order valence-corrected chi connectivity index (χ3v) is 7.50. The quantitative estimate of drug-likeness (QED) is 0.483. The number of pyridine rings is 1. The summed E-state index contributed by atoms with van der Waals surface area (Å²) in [6, 6.07) is 9.41. The number of amides is 1. The SMILES string of the molecule is COc1cc2nn(CC(=O)N3CCC(C(C)(C)O)CC3)cc2cc1CC(=O)c1cccc(C2CC2)n1. The zero-order chi connectivity index (χ0) is 25.4. The number of hydrogen-bond donors (Lipinski definition) is 1. The van der Waals surface area contributed by atoms with Crippen LogP contribution in [0, 0.1) is 5.92 Å². The lowest BCUT2D eigenvalue weighted by Gasteiger charge is -2.37. The number of aliphatic hydroxyl groups is 1. The van der Waals surface area contributed by atoms with Crippen LogP contribution >= 0.6 is 0 Å². The Bertz CT molecular complexity index is 1280. The molecule has 0 unspecified atom stereocenters. The van der Waals surface area contributed by atoms with E-state index in [9.17, 15) is 14.7 Å². The number of benzene rings is 1. The number of ether oxygens (including phenoxy) is 1. The summed E-state index contributed by atoms with van der Waals surface area (Å²) >= 11 is 0. The van der Waals surface area contributed by atoms with Crippen molar-refractivity contribution in [3.63, 3.8) is 0 Å². The molecule has 2 aromatic heterocycles. The van der Waals surface area contributed by atoms with Crippen molar-refractivity contribution in [2.24, 2.45) is 5.92 Å². The standard InChI is InChI=1S/C28H34N4O4/c1-28(2,35)21-9-11-31(12-10-21)27(34)17-32-16-20-13-19(26(36-3)15-24(20)30-32)14-25(33)23-6-4-5-22(29-23)18-7-8-18/h4-6,13,15-16,18,21,35H,7-12,14,17H2,1-3H3. The number of nitrogens with zero attached hydrogens (tertiary/aromatic N) is 4. The molecule has 0 spiro atoms. The fourth-order valence-corrected chi connectivity index (χ4v) is 5.11. The Labute approximate surface area is 211 Å². The van der Waals surface area contributed by atoms with Crippen LogP contribution in [0.5, 0.6) is 5.75 Å². The summed E-state index contributed by atoms with van der Waals surface area (Å²) in [6.45, 7) is 5.11. The van der Waals surface area contributed by atoms with Crippen molar-refractivity contribution in [3.8, 4) is 5.75 Å². The minimum atomic E-state index is -0.719. The Morgan fingerprint density at radius 3 is 2.56 bits per heavy atom. The van der Waals surface area contributed by atoms with Crippen molar-refractivity contribution in [2.45, 2.75) is 64.0 Å². The number of Topliss-reactive ketones (excluding diaryl/α,β-unsaturated/α-hetero) is 1. The first-order valence-corrected chi connectivity index (χ1v) is 12.8. The Morgan fingerprint density at radius 2 is 1.89 bits per heavy atom. The first kappa shape index (κ1) is 24.4. The molecule has 8 nitrogen and oxygen atoms in total. The van der Waals surface area contributed by atoms with Gasteiger partial charge in [0.2, 0.25) is 5.91 Å². The molecular formula is C28H34N4O4. The fraction of sp³-hybridized carbons (Fsp3) is 0.500. The molecule has 2 fully saturated rings.